The van der Waals surface area contributed by atoms with Gasteiger partial charge in [0, 0.05) is 18.7 Å². The monoisotopic (exact) mass is 350 g/mol. The van der Waals surface area contributed by atoms with Crippen LogP contribution in [0.1, 0.15) is 48.9 Å². The summed E-state index contributed by atoms with van der Waals surface area (Å²) in [5.41, 5.74) is 0.557. The van der Waals surface area contributed by atoms with Gasteiger partial charge in [0.05, 0.1) is 10.1 Å². The van der Waals surface area contributed by atoms with Gasteiger partial charge in [0.2, 0.25) is 0 Å². The molecule has 6 heteroatoms. The number of carbonyl (C=O) groups excluding carboxylic acids is 1. The number of amides is 1. The first-order chi connectivity index (χ1) is 11.5. The van der Waals surface area contributed by atoms with Crippen LogP contribution in [-0.2, 0) is 9.84 Å². The van der Waals surface area contributed by atoms with Gasteiger partial charge in [-0.3, -0.25) is 4.79 Å². The minimum absolute atomic E-state index is 0.0354. The average Bonchev–Trinajstić information content (AvgIpc) is 3.17. The van der Waals surface area contributed by atoms with E-state index in [1.54, 1.807) is 29.2 Å². The molecule has 0 atom stereocenters. The minimum Gasteiger partial charge on any atom is -0.339 e. The van der Waals surface area contributed by atoms with Gasteiger partial charge in [-0.25, -0.2) is 8.42 Å². The minimum atomic E-state index is -3.26. The second-order valence-electron chi connectivity index (χ2n) is 6.87. The molecule has 0 unspecified atom stereocenters. The molecule has 1 aliphatic heterocycles. The van der Waals surface area contributed by atoms with E-state index in [4.69, 9.17) is 0 Å². The van der Waals surface area contributed by atoms with Gasteiger partial charge in [-0.2, -0.15) is 0 Å². The largest absolute Gasteiger partial charge is 0.339 e. The molecule has 1 aromatic carbocycles. The molecule has 1 amide bonds. The van der Waals surface area contributed by atoms with Gasteiger partial charge in [0.1, 0.15) is 0 Å². The lowest BCUT2D eigenvalue weighted by molar-refractivity contribution is 0.0703. The van der Waals surface area contributed by atoms with E-state index in [1.165, 1.54) is 0 Å². The van der Waals surface area contributed by atoms with Crippen LogP contribution in [0, 0.1) is 0 Å². The van der Waals surface area contributed by atoms with E-state index in [9.17, 15) is 13.2 Å². The summed E-state index contributed by atoms with van der Waals surface area (Å²) in [7, 11) is -1.42. The molecule has 1 aromatic rings. The van der Waals surface area contributed by atoms with Crippen molar-refractivity contribution >= 4 is 15.7 Å². The van der Waals surface area contributed by atoms with Crippen molar-refractivity contribution in [3.05, 3.63) is 29.8 Å². The van der Waals surface area contributed by atoms with Crippen molar-refractivity contribution in [2.24, 2.45) is 0 Å². The van der Waals surface area contributed by atoms with Gasteiger partial charge in [0.25, 0.3) is 5.91 Å². The summed E-state index contributed by atoms with van der Waals surface area (Å²) in [5, 5.41) is 3.04. The van der Waals surface area contributed by atoms with Crippen LogP contribution in [0.4, 0.5) is 0 Å². The molecule has 1 aliphatic carbocycles. The SMILES string of the molecule is CN(C(=O)c1ccc(S(=O)(=O)C2CCCC2)cc1)C1CCNCC1. The zero-order chi connectivity index (χ0) is 17.2. The number of nitrogens with zero attached hydrogens (tertiary/aromatic N) is 1. The van der Waals surface area contributed by atoms with Crippen molar-refractivity contribution in [3.63, 3.8) is 0 Å². The Morgan fingerprint density at radius 1 is 1.04 bits per heavy atom. The third-order valence-electron chi connectivity index (χ3n) is 5.35. The first-order valence-electron chi connectivity index (χ1n) is 8.82. The normalized spacial score (nSPS) is 20.2. The van der Waals surface area contributed by atoms with Gasteiger partial charge in [-0.15, -0.1) is 0 Å². The van der Waals surface area contributed by atoms with E-state index in [1.807, 2.05) is 7.05 Å². The second kappa shape index (κ2) is 7.23. The highest BCUT2D eigenvalue weighted by atomic mass is 32.2. The van der Waals surface area contributed by atoms with E-state index < -0.39 is 9.84 Å². The Balaban J connectivity index is 1.72. The molecule has 1 N–H and O–H groups in total. The van der Waals surface area contributed by atoms with Crippen LogP contribution in [0.5, 0.6) is 0 Å². The third kappa shape index (κ3) is 3.49. The quantitative estimate of drug-likeness (QED) is 0.904. The number of sulfone groups is 1. The van der Waals surface area contributed by atoms with Crippen LogP contribution in [0.3, 0.4) is 0 Å². The molecule has 2 fully saturated rings. The van der Waals surface area contributed by atoms with Crippen molar-refractivity contribution in [2.75, 3.05) is 20.1 Å². The van der Waals surface area contributed by atoms with Crippen LogP contribution in [0.2, 0.25) is 0 Å². The van der Waals surface area contributed by atoms with Gasteiger partial charge in [-0.05, 0) is 63.0 Å². The van der Waals surface area contributed by atoms with E-state index in [0.717, 1.165) is 51.6 Å². The molecule has 5 nitrogen and oxygen atoms in total. The Morgan fingerprint density at radius 2 is 1.62 bits per heavy atom. The Bertz CT molecular complexity index is 673. The predicted molar refractivity (Wildman–Crippen MR) is 93.9 cm³/mol. The summed E-state index contributed by atoms with van der Waals surface area (Å²) < 4.78 is 25.2. The molecule has 1 heterocycles. The van der Waals surface area contributed by atoms with Crippen molar-refractivity contribution in [1.82, 2.24) is 10.2 Å². The van der Waals surface area contributed by atoms with Crippen molar-refractivity contribution in [2.45, 2.75) is 54.7 Å². The molecule has 0 bridgehead atoms. The number of hydrogen-bond acceptors (Lipinski definition) is 4. The lowest BCUT2D eigenvalue weighted by Gasteiger charge is -2.31. The van der Waals surface area contributed by atoms with Crippen molar-refractivity contribution < 1.29 is 13.2 Å². The summed E-state index contributed by atoms with van der Waals surface area (Å²) in [6, 6.07) is 6.75. The molecule has 3 rings (SSSR count). The first kappa shape index (κ1) is 17.4. The Hall–Kier alpha value is -1.40. The maximum atomic E-state index is 12.6. The predicted octanol–water partition coefficient (Wildman–Crippen LogP) is 2.23. The van der Waals surface area contributed by atoms with Gasteiger partial charge in [-0.1, -0.05) is 12.8 Å². The Morgan fingerprint density at radius 3 is 2.21 bits per heavy atom. The molecule has 2 aliphatic rings. The highest BCUT2D eigenvalue weighted by Gasteiger charge is 2.30. The van der Waals surface area contributed by atoms with E-state index >= 15 is 0 Å². The number of benzene rings is 1. The maximum absolute atomic E-state index is 12.6. The van der Waals surface area contributed by atoms with Gasteiger partial charge >= 0.3 is 0 Å². The highest BCUT2D eigenvalue weighted by Crippen LogP contribution is 2.29. The van der Waals surface area contributed by atoms with E-state index in [-0.39, 0.29) is 17.2 Å². The van der Waals surface area contributed by atoms with Crippen LogP contribution < -0.4 is 5.32 Å². The van der Waals surface area contributed by atoms with Crippen LogP contribution in [-0.4, -0.2) is 50.7 Å². The number of nitrogens with one attached hydrogen (secondary N) is 1. The molecule has 0 spiro atoms. The summed E-state index contributed by atoms with van der Waals surface area (Å²) in [6.07, 6.45) is 5.39. The average molecular weight is 350 g/mol. The smallest absolute Gasteiger partial charge is 0.253 e. The van der Waals surface area contributed by atoms with E-state index in [0.29, 0.717) is 10.5 Å². The van der Waals surface area contributed by atoms with Crippen LogP contribution in [0.15, 0.2) is 29.2 Å². The Kier molecular flexibility index (Phi) is 5.25. The zero-order valence-corrected chi connectivity index (χ0v) is 15.0. The summed E-state index contributed by atoms with van der Waals surface area (Å²) in [5.74, 6) is -0.0354. The second-order valence-corrected chi connectivity index (χ2v) is 9.10. The highest BCUT2D eigenvalue weighted by molar-refractivity contribution is 7.92. The fraction of sp³-hybridized carbons (Fsp3) is 0.611. The third-order valence-corrected chi connectivity index (χ3v) is 7.63. The molecule has 24 heavy (non-hydrogen) atoms. The molecular formula is C18H26N2O3S. The summed E-state index contributed by atoms with van der Waals surface area (Å²) >= 11 is 0. The first-order valence-corrected chi connectivity index (χ1v) is 10.4. The summed E-state index contributed by atoms with van der Waals surface area (Å²) in [4.78, 5) is 14.8. The van der Waals surface area contributed by atoms with Crippen molar-refractivity contribution in [3.8, 4) is 0 Å². The number of piperidine rings is 1. The summed E-state index contributed by atoms with van der Waals surface area (Å²) in [6.45, 7) is 1.86. The number of carbonyl (C=O) groups is 1. The lowest BCUT2D eigenvalue weighted by Crippen LogP contribution is -2.43. The number of hydrogen-bond donors (Lipinski definition) is 1. The van der Waals surface area contributed by atoms with Gasteiger partial charge < -0.3 is 10.2 Å². The molecule has 1 saturated heterocycles. The van der Waals surface area contributed by atoms with Gasteiger partial charge in [0.15, 0.2) is 9.84 Å². The lowest BCUT2D eigenvalue weighted by atomic mass is 10.0. The molecular weight excluding hydrogens is 324 g/mol. The maximum Gasteiger partial charge on any atom is 0.253 e. The molecule has 1 saturated carbocycles. The molecule has 0 radical (unpaired) electrons. The van der Waals surface area contributed by atoms with Crippen LogP contribution in [0.25, 0.3) is 0 Å². The molecule has 0 aromatic heterocycles. The Labute approximate surface area is 144 Å². The fourth-order valence-corrected chi connectivity index (χ4v) is 5.60. The van der Waals surface area contributed by atoms with Crippen molar-refractivity contribution in [1.29, 1.82) is 0 Å². The van der Waals surface area contributed by atoms with Crippen LogP contribution >= 0.6 is 0 Å². The van der Waals surface area contributed by atoms with E-state index in [2.05, 4.69) is 5.32 Å². The molecule has 132 valence electrons. The topological polar surface area (TPSA) is 66.5 Å². The standard InChI is InChI=1S/C18H26N2O3S/c1-20(15-10-12-19-13-11-15)18(21)14-6-8-17(9-7-14)24(22,23)16-4-2-3-5-16/h6-9,15-16,19H,2-5,10-13H2,1H3. The fourth-order valence-electron chi connectivity index (χ4n) is 3.74. The zero-order valence-electron chi connectivity index (χ0n) is 14.2. The number of rotatable bonds is 4.